The van der Waals surface area contributed by atoms with Gasteiger partial charge >= 0.3 is 6.18 Å². The summed E-state index contributed by atoms with van der Waals surface area (Å²) in [5.41, 5.74) is 0.374. The average Bonchev–Trinajstić information content (AvgIpc) is 2.62. The summed E-state index contributed by atoms with van der Waals surface area (Å²) in [6.07, 6.45) is -0.0394. The van der Waals surface area contributed by atoms with E-state index in [0.29, 0.717) is 18.4 Å². The summed E-state index contributed by atoms with van der Waals surface area (Å²) >= 11 is 0. The Morgan fingerprint density at radius 2 is 1.68 bits per heavy atom. The molecule has 2 aliphatic heterocycles. The summed E-state index contributed by atoms with van der Waals surface area (Å²) in [5, 5.41) is 11.4. The fourth-order valence-electron chi connectivity index (χ4n) is 5.08. The lowest BCUT2D eigenvalue weighted by Gasteiger charge is -2.52. The molecular weight excluding hydrogens is 363 g/mol. The number of fused-ring (bicyclic) bond motifs is 2. The lowest BCUT2D eigenvalue weighted by molar-refractivity contribution is -0.138. The quantitative estimate of drug-likeness (QED) is 0.758. The highest BCUT2D eigenvalue weighted by Crippen LogP contribution is 2.45. The molecular formula is C23H26F3NO. The van der Waals surface area contributed by atoms with Crippen LogP contribution >= 0.6 is 0 Å². The number of aliphatic hydroxyl groups is 1. The molecule has 2 saturated heterocycles. The fourth-order valence-corrected chi connectivity index (χ4v) is 5.08. The highest BCUT2D eigenvalue weighted by Gasteiger charge is 2.46. The van der Waals surface area contributed by atoms with Gasteiger partial charge in [-0.2, -0.15) is 13.2 Å². The molecule has 2 unspecified atom stereocenters. The summed E-state index contributed by atoms with van der Waals surface area (Å²) in [5.74, 6) is 0. The van der Waals surface area contributed by atoms with Gasteiger partial charge in [0.1, 0.15) is 0 Å². The van der Waals surface area contributed by atoms with Gasteiger partial charge in [-0.05, 0) is 55.4 Å². The minimum absolute atomic E-state index is 0.176. The minimum Gasteiger partial charge on any atom is -0.385 e. The third-order valence-corrected chi connectivity index (χ3v) is 6.44. The van der Waals surface area contributed by atoms with Gasteiger partial charge in [-0.15, -0.1) is 0 Å². The molecule has 2 atom stereocenters. The van der Waals surface area contributed by atoms with Crippen LogP contribution in [0.3, 0.4) is 0 Å². The van der Waals surface area contributed by atoms with Crippen molar-refractivity contribution in [1.82, 2.24) is 4.90 Å². The number of benzene rings is 2. The molecule has 0 radical (unpaired) electrons. The summed E-state index contributed by atoms with van der Waals surface area (Å²) in [6, 6.07) is 14.9. The van der Waals surface area contributed by atoms with Gasteiger partial charge in [0, 0.05) is 18.6 Å². The van der Waals surface area contributed by atoms with Crippen molar-refractivity contribution < 1.29 is 18.3 Å². The average molecular weight is 389 g/mol. The number of halogens is 3. The molecule has 2 heterocycles. The van der Waals surface area contributed by atoms with Gasteiger partial charge in [0.2, 0.25) is 0 Å². The number of nitrogens with zero attached hydrogens (tertiary/aromatic N) is 1. The van der Waals surface area contributed by atoms with Crippen molar-refractivity contribution in [2.75, 3.05) is 0 Å². The molecule has 2 aliphatic rings. The van der Waals surface area contributed by atoms with E-state index >= 15 is 0 Å². The number of piperidine rings is 2. The van der Waals surface area contributed by atoms with Crippen molar-refractivity contribution in [3.05, 3.63) is 70.8 Å². The second kappa shape index (κ2) is 7.20. The van der Waals surface area contributed by atoms with E-state index in [1.54, 1.807) is 0 Å². The highest BCUT2D eigenvalue weighted by atomic mass is 19.4. The Morgan fingerprint density at radius 3 is 2.25 bits per heavy atom. The maximum atomic E-state index is 13.1. The molecule has 0 spiro atoms. The third kappa shape index (κ3) is 3.70. The Morgan fingerprint density at radius 1 is 1.04 bits per heavy atom. The van der Waals surface area contributed by atoms with Crippen LogP contribution in [0.15, 0.2) is 48.5 Å². The second-order valence-corrected chi connectivity index (χ2v) is 8.36. The molecule has 1 N–H and O–H groups in total. The van der Waals surface area contributed by atoms with Crippen molar-refractivity contribution in [2.45, 2.75) is 69.4 Å². The Labute approximate surface area is 164 Å². The smallest absolute Gasteiger partial charge is 0.385 e. The molecule has 4 rings (SSSR count). The number of rotatable bonds is 3. The van der Waals surface area contributed by atoms with Gasteiger partial charge in [0.15, 0.2) is 0 Å². The molecule has 0 saturated carbocycles. The lowest BCUT2D eigenvalue weighted by atomic mass is 9.72. The maximum Gasteiger partial charge on any atom is 0.416 e. The van der Waals surface area contributed by atoms with Gasteiger partial charge in [0.05, 0.1) is 11.2 Å². The second-order valence-electron chi connectivity index (χ2n) is 8.36. The summed E-state index contributed by atoms with van der Waals surface area (Å²) in [7, 11) is 0. The van der Waals surface area contributed by atoms with Crippen LogP contribution < -0.4 is 0 Å². The molecule has 2 nitrogen and oxygen atoms in total. The van der Waals surface area contributed by atoms with Gasteiger partial charge in [-0.1, -0.05) is 48.9 Å². The van der Waals surface area contributed by atoms with E-state index in [0.717, 1.165) is 31.9 Å². The van der Waals surface area contributed by atoms with Gasteiger partial charge < -0.3 is 5.11 Å². The topological polar surface area (TPSA) is 23.5 Å². The maximum absolute atomic E-state index is 13.1. The Hall–Kier alpha value is -1.85. The molecule has 2 aromatic rings. The van der Waals surface area contributed by atoms with Crippen LogP contribution in [-0.4, -0.2) is 22.1 Å². The van der Waals surface area contributed by atoms with Crippen LogP contribution in [0.2, 0.25) is 0 Å². The van der Waals surface area contributed by atoms with Crippen molar-refractivity contribution in [3.8, 4) is 0 Å². The molecule has 2 bridgehead atoms. The predicted octanol–water partition coefficient (Wildman–Crippen LogP) is 5.42. The SMILES string of the molecule is Cc1cc(C2(O)CC3CCCC(C2)N3Cc2ccccc2)ccc1C(F)(F)F. The van der Waals surface area contributed by atoms with E-state index in [1.807, 2.05) is 18.2 Å². The summed E-state index contributed by atoms with van der Waals surface area (Å²) in [6.45, 7) is 2.33. The molecule has 0 aliphatic carbocycles. The van der Waals surface area contributed by atoms with Crippen LogP contribution in [0.1, 0.15) is 54.4 Å². The monoisotopic (exact) mass is 389 g/mol. The first-order chi connectivity index (χ1) is 13.3. The lowest BCUT2D eigenvalue weighted by Crippen LogP contribution is -2.56. The Balaban J connectivity index is 1.58. The van der Waals surface area contributed by atoms with E-state index in [2.05, 4.69) is 17.0 Å². The molecule has 150 valence electrons. The molecule has 28 heavy (non-hydrogen) atoms. The first-order valence-corrected chi connectivity index (χ1v) is 9.97. The summed E-state index contributed by atoms with van der Waals surface area (Å²) < 4.78 is 39.3. The normalized spacial score (nSPS) is 28.3. The Kier molecular flexibility index (Phi) is 5.00. The molecule has 0 aromatic heterocycles. The van der Waals surface area contributed by atoms with E-state index in [1.165, 1.54) is 24.6 Å². The van der Waals surface area contributed by atoms with Crippen molar-refractivity contribution in [3.63, 3.8) is 0 Å². The zero-order valence-electron chi connectivity index (χ0n) is 16.0. The van der Waals surface area contributed by atoms with Crippen LogP contribution in [0.5, 0.6) is 0 Å². The van der Waals surface area contributed by atoms with Gasteiger partial charge in [0.25, 0.3) is 0 Å². The first kappa shape index (κ1) is 19.5. The van der Waals surface area contributed by atoms with Gasteiger partial charge in [-0.3, -0.25) is 4.90 Å². The predicted molar refractivity (Wildman–Crippen MR) is 103 cm³/mol. The van der Waals surface area contributed by atoms with Gasteiger partial charge in [-0.25, -0.2) is 0 Å². The van der Waals surface area contributed by atoms with Crippen LogP contribution in [-0.2, 0) is 18.3 Å². The molecule has 2 aromatic carbocycles. The number of alkyl halides is 3. The molecule has 5 heteroatoms. The van der Waals surface area contributed by atoms with Crippen molar-refractivity contribution in [2.24, 2.45) is 0 Å². The standard InChI is InChI=1S/C23H26F3NO/c1-16-12-18(10-11-21(16)23(24,25)26)22(28)13-19-8-5-9-20(14-22)27(19)15-17-6-3-2-4-7-17/h2-4,6-7,10-12,19-20,28H,5,8-9,13-15H2,1H3. The van der Waals surface area contributed by atoms with E-state index in [9.17, 15) is 18.3 Å². The first-order valence-electron chi connectivity index (χ1n) is 9.97. The van der Waals surface area contributed by atoms with Crippen LogP contribution in [0, 0.1) is 6.92 Å². The van der Waals surface area contributed by atoms with Crippen molar-refractivity contribution >= 4 is 0 Å². The Bertz CT molecular complexity index is 819. The summed E-state index contributed by atoms with van der Waals surface area (Å²) in [4.78, 5) is 2.49. The zero-order valence-corrected chi connectivity index (χ0v) is 16.0. The number of hydrogen-bond acceptors (Lipinski definition) is 2. The number of aryl methyl sites for hydroxylation is 1. The van der Waals surface area contributed by atoms with Crippen LogP contribution in [0.25, 0.3) is 0 Å². The van der Waals surface area contributed by atoms with Crippen LogP contribution in [0.4, 0.5) is 13.2 Å². The third-order valence-electron chi connectivity index (χ3n) is 6.44. The fraction of sp³-hybridized carbons (Fsp3) is 0.478. The number of hydrogen-bond donors (Lipinski definition) is 1. The van der Waals surface area contributed by atoms with E-state index < -0.39 is 17.3 Å². The minimum atomic E-state index is -4.36. The molecule has 0 amide bonds. The van der Waals surface area contributed by atoms with E-state index in [4.69, 9.17) is 0 Å². The largest absolute Gasteiger partial charge is 0.416 e. The van der Waals surface area contributed by atoms with Crippen molar-refractivity contribution in [1.29, 1.82) is 0 Å². The molecule has 2 fully saturated rings. The zero-order chi connectivity index (χ0) is 19.9. The highest BCUT2D eigenvalue weighted by molar-refractivity contribution is 5.36. The van der Waals surface area contributed by atoms with E-state index in [-0.39, 0.29) is 17.6 Å².